The van der Waals surface area contributed by atoms with Crippen LogP contribution in [0.4, 0.5) is 0 Å². The van der Waals surface area contributed by atoms with Crippen molar-refractivity contribution < 1.29 is 14.6 Å². The smallest absolute Gasteiger partial charge is 0.129 e. The van der Waals surface area contributed by atoms with Crippen molar-refractivity contribution in [1.82, 2.24) is 0 Å². The summed E-state index contributed by atoms with van der Waals surface area (Å²) in [5.74, 6) is -0.837. The first-order valence-electron chi connectivity index (χ1n) is 5.18. The van der Waals surface area contributed by atoms with Gasteiger partial charge < -0.3 is 14.6 Å². The van der Waals surface area contributed by atoms with Crippen LogP contribution in [0.5, 0.6) is 5.75 Å². The van der Waals surface area contributed by atoms with E-state index in [4.69, 9.17) is 27.9 Å². The fraction of sp³-hybridized carbons (Fsp3) is 0.417. The summed E-state index contributed by atoms with van der Waals surface area (Å²) < 4.78 is 4.04. The number of carboxylic acids is 1. The highest BCUT2D eigenvalue weighted by molar-refractivity contribution is 6.52. The lowest BCUT2D eigenvalue weighted by atomic mass is 10.1. The van der Waals surface area contributed by atoms with E-state index in [1.165, 1.54) is 0 Å². The Kier molecular flexibility index (Phi) is 3.23. The summed E-state index contributed by atoms with van der Waals surface area (Å²) >= 11 is 12.1. The van der Waals surface area contributed by atoms with Crippen LogP contribution in [0.1, 0.15) is 17.9 Å². The third-order valence-corrected chi connectivity index (χ3v) is 4.09. The number of rotatable bonds is 4. The van der Waals surface area contributed by atoms with Gasteiger partial charge in [-0.2, -0.15) is 0 Å². The SMILES string of the molecule is COc1ccc(C2C(CC(=O)[O-])C2(Cl)Cl)cc1. The maximum absolute atomic E-state index is 10.6. The molecule has 0 saturated heterocycles. The zero-order valence-electron chi connectivity index (χ0n) is 9.15. The van der Waals surface area contributed by atoms with Gasteiger partial charge in [-0.15, -0.1) is 23.2 Å². The van der Waals surface area contributed by atoms with E-state index in [1.54, 1.807) is 19.2 Å². The van der Waals surface area contributed by atoms with Gasteiger partial charge in [0.15, 0.2) is 0 Å². The van der Waals surface area contributed by atoms with Gasteiger partial charge in [-0.3, -0.25) is 0 Å². The van der Waals surface area contributed by atoms with Crippen molar-refractivity contribution in [3.8, 4) is 5.75 Å². The molecule has 2 unspecified atom stereocenters. The van der Waals surface area contributed by atoms with Gasteiger partial charge in [0.05, 0.1) is 7.11 Å². The van der Waals surface area contributed by atoms with Crippen LogP contribution in [0.25, 0.3) is 0 Å². The predicted octanol–water partition coefficient (Wildman–Crippen LogP) is 1.72. The molecule has 2 rings (SSSR count). The number of halogens is 2. The van der Waals surface area contributed by atoms with Crippen LogP contribution in [-0.4, -0.2) is 17.4 Å². The van der Waals surface area contributed by atoms with Gasteiger partial charge in [-0.25, -0.2) is 0 Å². The standard InChI is InChI=1S/C12H12Cl2O3/c1-17-8-4-2-7(3-5-8)11-9(6-10(15)16)12(11,13)14/h2-5,9,11H,6H2,1H3,(H,15,16)/p-1. The second kappa shape index (κ2) is 4.39. The van der Waals surface area contributed by atoms with Crippen LogP contribution in [-0.2, 0) is 4.79 Å². The molecule has 2 atom stereocenters. The molecule has 0 bridgehead atoms. The van der Waals surface area contributed by atoms with Crippen LogP contribution in [0.3, 0.4) is 0 Å². The lowest BCUT2D eigenvalue weighted by molar-refractivity contribution is -0.306. The van der Waals surface area contributed by atoms with E-state index in [0.717, 1.165) is 11.3 Å². The average Bonchev–Trinajstić information content (AvgIpc) is 2.80. The normalized spacial score (nSPS) is 25.4. The van der Waals surface area contributed by atoms with Gasteiger partial charge in [-0.1, -0.05) is 12.1 Å². The molecule has 17 heavy (non-hydrogen) atoms. The summed E-state index contributed by atoms with van der Waals surface area (Å²) in [6.07, 6.45) is -0.121. The number of aliphatic carboxylic acids is 1. The minimum Gasteiger partial charge on any atom is -0.550 e. The Bertz CT molecular complexity index is 428. The molecule has 1 fully saturated rings. The molecule has 0 N–H and O–H groups in total. The van der Waals surface area contributed by atoms with Crippen molar-refractivity contribution in [2.24, 2.45) is 5.92 Å². The van der Waals surface area contributed by atoms with Crippen molar-refractivity contribution in [2.45, 2.75) is 16.7 Å². The molecule has 92 valence electrons. The molecule has 0 aromatic heterocycles. The van der Waals surface area contributed by atoms with Crippen molar-refractivity contribution in [1.29, 1.82) is 0 Å². The number of carbonyl (C=O) groups excluding carboxylic acids is 1. The molecular weight excluding hydrogens is 263 g/mol. The molecule has 1 aliphatic rings. The minimum absolute atomic E-state index is 0.121. The Morgan fingerprint density at radius 2 is 2.00 bits per heavy atom. The van der Waals surface area contributed by atoms with Gasteiger partial charge in [0, 0.05) is 17.8 Å². The third-order valence-electron chi connectivity index (χ3n) is 3.06. The summed E-state index contributed by atoms with van der Waals surface area (Å²) in [6, 6.07) is 7.29. The Morgan fingerprint density at radius 3 is 2.47 bits per heavy atom. The van der Waals surface area contributed by atoms with E-state index in [2.05, 4.69) is 0 Å². The Morgan fingerprint density at radius 1 is 1.41 bits per heavy atom. The topological polar surface area (TPSA) is 49.4 Å². The summed E-state index contributed by atoms with van der Waals surface area (Å²) in [6.45, 7) is 0. The Hall–Kier alpha value is -0.930. The molecule has 0 spiro atoms. The number of carbonyl (C=O) groups is 1. The maximum Gasteiger partial charge on any atom is 0.129 e. The Labute approximate surface area is 109 Å². The molecule has 1 aliphatic carbocycles. The van der Waals surface area contributed by atoms with Gasteiger partial charge in [-0.05, 0) is 24.1 Å². The molecule has 5 heteroatoms. The van der Waals surface area contributed by atoms with Gasteiger partial charge >= 0.3 is 0 Å². The molecular formula is C12H11Cl2O3-. The first-order valence-corrected chi connectivity index (χ1v) is 5.94. The van der Waals surface area contributed by atoms with Crippen molar-refractivity contribution in [3.05, 3.63) is 29.8 Å². The van der Waals surface area contributed by atoms with E-state index < -0.39 is 10.3 Å². The second-order valence-electron chi connectivity index (χ2n) is 4.11. The molecule has 0 amide bonds. The van der Waals surface area contributed by atoms with Gasteiger partial charge in [0.1, 0.15) is 10.1 Å². The van der Waals surface area contributed by atoms with E-state index >= 15 is 0 Å². The first-order chi connectivity index (χ1) is 7.96. The van der Waals surface area contributed by atoms with Gasteiger partial charge in [0.25, 0.3) is 0 Å². The van der Waals surface area contributed by atoms with E-state index in [0.29, 0.717) is 0 Å². The highest BCUT2D eigenvalue weighted by Crippen LogP contribution is 2.66. The zero-order valence-corrected chi connectivity index (χ0v) is 10.7. The van der Waals surface area contributed by atoms with Crippen LogP contribution in [0.15, 0.2) is 24.3 Å². The van der Waals surface area contributed by atoms with Crippen LogP contribution < -0.4 is 9.84 Å². The highest BCUT2D eigenvalue weighted by atomic mass is 35.5. The first kappa shape index (κ1) is 12.5. The monoisotopic (exact) mass is 273 g/mol. The summed E-state index contributed by atoms with van der Waals surface area (Å²) in [4.78, 5) is 10.6. The van der Waals surface area contributed by atoms with Crippen LogP contribution in [0.2, 0.25) is 0 Å². The quantitative estimate of drug-likeness (QED) is 0.785. The minimum atomic E-state index is -1.13. The molecule has 3 nitrogen and oxygen atoms in total. The number of benzene rings is 1. The van der Waals surface area contributed by atoms with Crippen molar-refractivity contribution in [2.75, 3.05) is 7.11 Å². The predicted molar refractivity (Wildman–Crippen MR) is 63.3 cm³/mol. The van der Waals surface area contributed by atoms with E-state index in [9.17, 15) is 9.90 Å². The lowest BCUT2D eigenvalue weighted by Crippen LogP contribution is -2.23. The molecule has 0 heterocycles. The molecule has 1 aromatic rings. The van der Waals surface area contributed by atoms with Crippen LogP contribution in [0, 0.1) is 5.92 Å². The summed E-state index contributed by atoms with van der Waals surface area (Å²) in [5, 5.41) is 10.6. The summed E-state index contributed by atoms with van der Waals surface area (Å²) in [5.41, 5.74) is 0.919. The highest BCUT2D eigenvalue weighted by Gasteiger charge is 2.63. The van der Waals surface area contributed by atoms with Crippen LogP contribution >= 0.6 is 23.2 Å². The zero-order chi connectivity index (χ0) is 12.6. The summed E-state index contributed by atoms with van der Waals surface area (Å²) in [7, 11) is 1.58. The van der Waals surface area contributed by atoms with Crippen molar-refractivity contribution >= 4 is 29.2 Å². The van der Waals surface area contributed by atoms with Crippen molar-refractivity contribution in [3.63, 3.8) is 0 Å². The molecule has 1 aromatic carbocycles. The molecule has 0 radical (unpaired) electrons. The molecule has 1 saturated carbocycles. The third kappa shape index (κ3) is 2.35. The Balaban J connectivity index is 2.15. The van der Waals surface area contributed by atoms with Gasteiger partial charge in [0.2, 0.25) is 0 Å². The van der Waals surface area contributed by atoms with E-state index in [-0.39, 0.29) is 18.3 Å². The number of ether oxygens (including phenoxy) is 1. The number of methoxy groups -OCH3 is 1. The number of alkyl halides is 2. The number of hydrogen-bond acceptors (Lipinski definition) is 3. The lowest BCUT2D eigenvalue weighted by Gasteiger charge is -2.03. The molecule has 0 aliphatic heterocycles. The average molecular weight is 274 g/mol. The largest absolute Gasteiger partial charge is 0.550 e. The maximum atomic E-state index is 10.6. The van der Waals surface area contributed by atoms with E-state index in [1.807, 2.05) is 12.1 Å². The fourth-order valence-corrected chi connectivity index (χ4v) is 2.93. The fourth-order valence-electron chi connectivity index (χ4n) is 2.09. The number of hydrogen-bond donors (Lipinski definition) is 0. The second-order valence-corrected chi connectivity index (χ2v) is 5.55. The number of carboxylic acid groups (broad SMARTS) is 1.